The molecule has 0 radical (unpaired) electrons. The van der Waals surface area contributed by atoms with Gasteiger partial charge in [-0.2, -0.15) is 0 Å². The Morgan fingerprint density at radius 2 is 0.948 bits per heavy atom. The van der Waals surface area contributed by atoms with Gasteiger partial charge in [-0.1, -0.05) is 176 Å². The highest BCUT2D eigenvalue weighted by Gasteiger charge is 2.49. The monoisotopic (exact) mass is 774 g/mol. The van der Waals surface area contributed by atoms with Crippen LogP contribution in [0.3, 0.4) is 0 Å². The highest BCUT2D eigenvalue weighted by Crippen LogP contribution is 2.47. The number of benzene rings is 9. The first-order chi connectivity index (χ1) is 28.8. The molecule has 0 saturated heterocycles. The lowest BCUT2D eigenvalue weighted by atomic mass is 10.0. The van der Waals surface area contributed by atoms with Gasteiger partial charge in [-0.15, -0.1) is 11.3 Å². The molecule has 2 nitrogen and oxygen atoms in total. The number of hydrogen-bond acceptors (Lipinski definition) is 3. The number of thiophene rings is 1. The third kappa shape index (κ3) is 5.45. The lowest BCUT2D eigenvalue weighted by Gasteiger charge is -2.45. The number of rotatable bonds is 7. The van der Waals surface area contributed by atoms with Gasteiger partial charge in [0.2, 0.25) is 0 Å². The normalized spacial score (nSPS) is 12.9. The summed E-state index contributed by atoms with van der Waals surface area (Å²) in [5.41, 5.74) is 9.37. The standard InChI is InChI=1S/C54H38N2SSi/c1-5-18-39(19-6-1)40-32-34-42(35-33-40)55(49-29-17-27-47-46-26-13-15-30-51(46)57-54(47)49)43-36-37-53-50(38-43)56(41-20-7-2-8-21-41)48-28-14-16-31-52(48)58(53,44-22-9-3-10-23-44)45-24-11-4-12-25-45/h1-38H. The molecule has 11 rings (SSSR count). The summed E-state index contributed by atoms with van der Waals surface area (Å²) in [6, 6.07) is 85.2. The highest BCUT2D eigenvalue weighted by molar-refractivity contribution is 7.26. The minimum atomic E-state index is -2.84. The average Bonchev–Trinajstić information content (AvgIpc) is 3.69. The van der Waals surface area contributed by atoms with E-state index in [0.29, 0.717) is 0 Å². The van der Waals surface area contributed by atoms with Crippen LogP contribution < -0.4 is 30.5 Å². The van der Waals surface area contributed by atoms with Crippen LogP contribution in [0.5, 0.6) is 0 Å². The molecule has 58 heavy (non-hydrogen) atoms. The predicted octanol–water partition coefficient (Wildman–Crippen LogP) is 12.4. The molecule has 0 amide bonds. The van der Waals surface area contributed by atoms with Gasteiger partial charge in [0.1, 0.15) is 0 Å². The van der Waals surface area contributed by atoms with Gasteiger partial charge in [-0.25, -0.2) is 0 Å². The summed E-state index contributed by atoms with van der Waals surface area (Å²) in [5.74, 6) is 0. The van der Waals surface area contributed by atoms with E-state index in [2.05, 4.69) is 240 Å². The molecular weight excluding hydrogens is 737 g/mol. The molecule has 0 saturated carbocycles. The molecule has 4 heteroatoms. The van der Waals surface area contributed by atoms with Gasteiger partial charge >= 0.3 is 0 Å². The van der Waals surface area contributed by atoms with Crippen molar-refractivity contribution in [1.29, 1.82) is 0 Å². The number of fused-ring (bicyclic) bond motifs is 5. The van der Waals surface area contributed by atoms with Gasteiger partial charge in [-0.3, -0.25) is 0 Å². The second-order valence-corrected chi connectivity index (χ2v) is 19.7. The van der Waals surface area contributed by atoms with Gasteiger partial charge in [0.05, 0.1) is 10.4 Å². The van der Waals surface area contributed by atoms with Crippen molar-refractivity contribution in [2.75, 3.05) is 9.80 Å². The molecular formula is C54H38N2SSi. The number of nitrogens with zero attached hydrogens (tertiary/aromatic N) is 2. The zero-order chi connectivity index (χ0) is 38.5. The fourth-order valence-electron chi connectivity index (χ4n) is 9.21. The van der Waals surface area contributed by atoms with E-state index in [4.69, 9.17) is 0 Å². The van der Waals surface area contributed by atoms with E-state index in [-0.39, 0.29) is 0 Å². The van der Waals surface area contributed by atoms with Crippen LogP contribution in [-0.2, 0) is 0 Å². The molecule has 0 N–H and O–H groups in total. The van der Waals surface area contributed by atoms with E-state index in [1.807, 2.05) is 11.3 Å². The summed E-state index contributed by atoms with van der Waals surface area (Å²) in [6.45, 7) is 0. The molecule has 0 aliphatic carbocycles. The SMILES string of the molecule is c1ccc(-c2ccc(N(c3ccc4c(c3)N(c3ccccc3)c3ccccc3[Si]4(c3ccccc3)c3ccccc3)c3cccc4c3sc3ccccc34)cc2)cc1. The molecule has 0 unspecified atom stereocenters. The Bertz CT molecular complexity index is 3020. The Balaban J connectivity index is 1.21. The first-order valence-electron chi connectivity index (χ1n) is 19.9. The molecule has 274 valence electrons. The summed E-state index contributed by atoms with van der Waals surface area (Å²) in [7, 11) is -2.84. The van der Waals surface area contributed by atoms with Gasteiger partial charge < -0.3 is 9.80 Å². The van der Waals surface area contributed by atoms with Gasteiger partial charge in [0.25, 0.3) is 0 Å². The molecule has 0 fully saturated rings. The Hall–Kier alpha value is -6.98. The van der Waals surface area contributed by atoms with E-state index in [1.165, 1.54) is 69.1 Å². The minimum Gasteiger partial charge on any atom is -0.311 e. The zero-order valence-corrected chi connectivity index (χ0v) is 33.6. The topological polar surface area (TPSA) is 6.48 Å². The zero-order valence-electron chi connectivity index (χ0n) is 31.7. The summed E-state index contributed by atoms with van der Waals surface area (Å²) < 4.78 is 2.57. The molecule has 1 aliphatic rings. The van der Waals surface area contributed by atoms with Gasteiger partial charge in [0, 0.05) is 43.9 Å². The third-order valence-corrected chi connectivity index (χ3v) is 17.8. The van der Waals surface area contributed by atoms with Crippen LogP contribution in [0.25, 0.3) is 31.3 Å². The predicted molar refractivity (Wildman–Crippen MR) is 251 cm³/mol. The lowest BCUT2D eigenvalue weighted by Crippen LogP contribution is -2.77. The third-order valence-electron chi connectivity index (χ3n) is 11.7. The van der Waals surface area contributed by atoms with Crippen molar-refractivity contribution in [1.82, 2.24) is 0 Å². The van der Waals surface area contributed by atoms with Crippen LogP contribution in [0, 0.1) is 0 Å². The molecule has 1 aliphatic heterocycles. The van der Waals surface area contributed by atoms with Crippen molar-refractivity contribution >= 4 is 94.5 Å². The maximum Gasteiger partial charge on any atom is 0.184 e. The Morgan fingerprint density at radius 1 is 0.397 bits per heavy atom. The highest BCUT2D eigenvalue weighted by atomic mass is 32.1. The Kier molecular flexibility index (Phi) is 8.39. The maximum atomic E-state index is 2.50. The minimum absolute atomic E-state index is 1.11. The van der Waals surface area contributed by atoms with Crippen LogP contribution in [0.1, 0.15) is 0 Å². The molecule has 0 spiro atoms. The van der Waals surface area contributed by atoms with Crippen molar-refractivity contribution < 1.29 is 0 Å². The molecule has 0 atom stereocenters. The van der Waals surface area contributed by atoms with Crippen LogP contribution in [-0.4, -0.2) is 8.07 Å². The van der Waals surface area contributed by atoms with Crippen LogP contribution >= 0.6 is 11.3 Å². The Morgan fingerprint density at radius 3 is 1.67 bits per heavy atom. The lowest BCUT2D eigenvalue weighted by molar-refractivity contribution is 1.26. The number of anilines is 6. The van der Waals surface area contributed by atoms with Crippen LogP contribution in [0.2, 0.25) is 0 Å². The fraction of sp³-hybridized carbons (Fsp3) is 0. The first-order valence-corrected chi connectivity index (χ1v) is 22.7. The quantitative estimate of drug-likeness (QED) is 0.149. The van der Waals surface area contributed by atoms with Crippen LogP contribution in [0.4, 0.5) is 34.1 Å². The van der Waals surface area contributed by atoms with Crippen molar-refractivity contribution in [2.45, 2.75) is 0 Å². The van der Waals surface area contributed by atoms with E-state index in [1.54, 1.807) is 0 Å². The fourth-order valence-corrected chi connectivity index (χ4v) is 15.5. The molecule has 0 bridgehead atoms. The summed E-state index contributed by atoms with van der Waals surface area (Å²) in [6.07, 6.45) is 0. The number of para-hydroxylation sites is 2. The molecule has 1 aromatic heterocycles. The maximum absolute atomic E-state index is 2.84. The van der Waals surface area contributed by atoms with Gasteiger partial charge in [-0.05, 0) is 86.5 Å². The molecule has 9 aromatic carbocycles. The molecule has 2 heterocycles. The largest absolute Gasteiger partial charge is 0.311 e. The summed E-state index contributed by atoms with van der Waals surface area (Å²) in [5, 5.41) is 8.08. The van der Waals surface area contributed by atoms with E-state index in [9.17, 15) is 0 Å². The summed E-state index contributed by atoms with van der Waals surface area (Å²) in [4.78, 5) is 4.98. The van der Waals surface area contributed by atoms with E-state index >= 15 is 0 Å². The smallest absolute Gasteiger partial charge is 0.184 e. The van der Waals surface area contributed by atoms with Crippen molar-refractivity contribution in [2.24, 2.45) is 0 Å². The number of hydrogen-bond donors (Lipinski definition) is 0. The van der Waals surface area contributed by atoms with Crippen LogP contribution in [0.15, 0.2) is 231 Å². The Labute approximate surface area is 344 Å². The van der Waals surface area contributed by atoms with Crippen molar-refractivity contribution in [3.8, 4) is 11.1 Å². The average molecular weight is 775 g/mol. The van der Waals surface area contributed by atoms with E-state index in [0.717, 1.165) is 17.1 Å². The molecule has 10 aromatic rings. The van der Waals surface area contributed by atoms with Gasteiger partial charge in [0.15, 0.2) is 8.07 Å². The van der Waals surface area contributed by atoms with Crippen molar-refractivity contribution in [3.63, 3.8) is 0 Å². The van der Waals surface area contributed by atoms with Crippen molar-refractivity contribution in [3.05, 3.63) is 231 Å². The second kappa shape index (κ2) is 14.2. The summed E-state index contributed by atoms with van der Waals surface area (Å²) >= 11 is 1.87. The second-order valence-electron chi connectivity index (χ2n) is 14.9. The first kappa shape index (κ1) is 34.3. The van der Waals surface area contributed by atoms with E-state index < -0.39 is 8.07 Å².